The van der Waals surface area contributed by atoms with Gasteiger partial charge in [-0.25, -0.2) is 0 Å². The summed E-state index contributed by atoms with van der Waals surface area (Å²) in [5.74, 6) is 0. The minimum atomic E-state index is 0.224. The lowest BCUT2D eigenvalue weighted by molar-refractivity contribution is 0.588. The van der Waals surface area contributed by atoms with Gasteiger partial charge in [-0.3, -0.25) is 0 Å². The molecule has 0 saturated carbocycles. The highest BCUT2D eigenvalue weighted by Crippen LogP contribution is 2.25. The van der Waals surface area contributed by atoms with E-state index in [0.29, 0.717) is 0 Å². The van der Waals surface area contributed by atoms with Crippen molar-refractivity contribution in [2.75, 3.05) is 0 Å². The minimum Gasteiger partial charge on any atom is -0.0617 e. The highest BCUT2D eigenvalue weighted by molar-refractivity contribution is 5.31. The Bertz CT molecular complexity index is 563. The van der Waals surface area contributed by atoms with E-state index in [1.807, 2.05) is 0 Å². The molecule has 0 nitrogen and oxygen atoms in total. The molecule has 0 radical (unpaired) electrons. The summed E-state index contributed by atoms with van der Waals surface area (Å²) in [6.07, 6.45) is 2.22. The van der Waals surface area contributed by atoms with Crippen LogP contribution in [0.5, 0.6) is 0 Å². The van der Waals surface area contributed by atoms with E-state index in [4.69, 9.17) is 0 Å². The molecule has 2 aromatic rings. The molecular formula is C22H30. The normalized spacial score (nSPS) is 12.5. The number of hydrogen-bond donors (Lipinski definition) is 0. The monoisotopic (exact) mass is 294 g/mol. The Hall–Kier alpha value is -1.56. The zero-order valence-electron chi connectivity index (χ0n) is 15.0. The first-order valence-corrected chi connectivity index (χ1v) is 8.35. The standard InChI is InChI=1S/C22H30/c1-21(2,3)19-11-7-9-17(15-19)13-14-18-10-8-12-20(16-18)22(4,5)6/h7-12,15-16H,13-14H2,1-6H3. The van der Waals surface area contributed by atoms with Gasteiger partial charge in [-0.2, -0.15) is 0 Å². The zero-order chi connectivity index (χ0) is 16.4. The third kappa shape index (κ3) is 4.47. The molecule has 0 aliphatic carbocycles. The lowest BCUT2D eigenvalue weighted by atomic mass is 9.85. The second-order valence-electron chi connectivity index (χ2n) is 8.40. The molecule has 0 heteroatoms. The number of benzene rings is 2. The highest BCUT2D eigenvalue weighted by atomic mass is 14.2. The molecule has 0 amide bonds. The van der Waals surface area contributed by atoms with Gasteiger partial charge in [0.25, 0.3) is 0 Å². The fourth-order valence-corrected chi connectivity index (χ4v) is 2.68. The van der Waals surface area contributed by atoms with Crippen molar-refractivity contribution in [1.29, 1.82) is 0 Å². The van der Waals surface area contributed by atoms with E-state index >= 15 is 0 Å². The summed E-state index contributed by atoms with van der Waals surface area (Å²) in [7, 11) is 0. The third-order valence-corrected chi connectivity index (χ3v) is 4.29. The molecule has 0 aliphatic rings. The average Bonchev–Trinajstić information content (AvgIpc) is 2.44. The van der Waals surface area contributed by atoms with E-state index in [-0.39, 0.29) is 10.8 Å². The highest BCUT2D eigenvalue weighted by Gasteiger charge is 2.15. The summed E-state index contributed by atoms with van der Waals surface area (Å²) >= 11 is 0. The van der Waals surface area contributed by atoms with Gasteiger partial charge in [0.15, 0.2) is 0 Å². The van der Waals surface area contributed by atoms with Gasteiger partial charge in [-0.05, 0) is 45.9 Å². The molecule has 0 aliphatic heterocycles. The van der Waals surface area contributed by atoms with Crippen LogP contribution in [0.15, 0.2) is 48.5 Å². The second kappa shape index (κ2) is 6.28. The van der Waals surface area contributed by atoms with E-state index in [1.54, 1.807) is 0 Å². The maximum atomic E-state index is 2.37. The molecule has 2 rings (SSSR count). The molecule has 0 saturated heterocycles. The van der Waals surface area contributed by atoms with E-state index in [0.717, 1.165) is 12.8 Å². The Morgan fingerprint density at radius 3 is 1.27 bits per heavy atom. The predicted octanol–water partition coefficient (Wildman–Crippen LogP) is 6.07. The predicted molar refractivity (Wildman–Crippen MR) is 97.7 cm³/mol. The summed E-state index contributed by atoms with van der Waals surface area (Å²) in [6, 6.07) is 18.1. The summed E-state index contributed by atoms with van der Waals surface area (Å²) in [5.41, 5.74) is 6.17. The van der Waals surface area contributed by atoms with Crippen molar-refractivity contribution in [2.24, 2.45) is 0 Å². The lowest BCUT2D eigenvalue weighted by Gasteiger charge is -2.20. The Morgan fingerprint density at radius 1 is 0.591 bits per heavy atom. The fraction of sp³-hybridized carbons (Fsp3) is 0.455. The summed E-state index contributed by atoms with van der Waals surface area (Å²) < 4.78 is 0. The van der Waals surface area contributed by atoms with Crippen molar-refractivity contribution < 1.29 is 0 Å². The van der Waals surface area contributed by atoms with Gasteiger partial charge in [0.1, 0.15) is 0 Å². The average molecular weight is 294 g/mol. The Balaban J connectivity index is 2.11. The molecule has 118 valence electrons. The Labute approximate surface area is 136 Å². The van der Waals surface area contributed by atoms with Crippen molar-refractivity contribution in [3.63, 3.8) is 0 Å². The number of hydrogen-bond acceptors (Lipinski definition) is 0. The molecule has 0 fully saturated rings. The SMILES string of the molecule is CC(C)(C)c1cccc(CCc2cccc(C(C)(C)C)c2)c1. The molecular weight excluding hydrogens is 264 g/mol. The first kappa shape index (κ1) is 16.8. The molecule has 2 aromatic carbocycles. The summed E-state index contributed by atoms with van der Waals surface area (Å²) in [4.78, 5) is 0. The topological polar surface area (TPSA) is 0 Å². The fourth-order valence-electron chi connectivity index (χ4n) is 2.68. The molecule has 0 atom stereocenters. The van der Waals surface area contributed by atoms with E-state index in [1.165, 1.54) is 22.3 Å². The van der Waals surface area contributed by atoms with E-state index < -0.39 is 0 Å². The Morgan fingerprint density at radius 2 is 0.955 bits per heavy atom. The van der Waals surface area contributed by atoms with Gasteiger partial charge in [0, 0.05) is 0 Å². The third-order valence-electron chi connectivity index (χ3n) is 4.29. The van der Waals surface area contributed by atoms with Gasteiger partial charge >= 0.3 is 0 Å². The van der Waals surface area contributed by atoms with Gasteiger partial charge in [-0.15, -0.1) is 0 Å². The second-order valence-corrected chi connectivity index (χ2v) is 8.40. The maximum absolute atomic E-state index is 2.37. The van der Waals surface area contributed by atoms with Crippen molar-refractivity contribution in [3.05, 3.63) is 70.8 Å². The van der Waals surface area contributed by atoms with Crippen LogP contribution < -0.4 is 0 Å². The van der Waals surface area contributed by atoms with Crippen LogP contribution in [0, 0.1) is 0 Å². The van der Waals surface area contributed by atoms with Crippen molar-refractivity contribution in [3.8, 4) is 0 Å². The van der Waals surface area contributed by atoms with Crippen molar-refractivity contribution in [1.82, 2.24) is 0 Å². The van der Waals surface area contributed by atoms with Gasteiger partial charge in [0.2, 0.25) is 0 Å². The Kier molecular flexibility index (Phi) is 4.80. The minimum absolute atomic E-state index is 0.224. The number of rotatable bonds is 3. The molecule has 0 aromatic heterocycles. The van der Waals surface area contributed by atoms with Gasteiger partial charge in [-0.1, -0.05) is 90.1 Å². The van der Waals surface area contributed by atoms with Crippen molar-refractivity contribution in [2.45, 2.75) is 65.2 Å². The van der Waals surface area contributed by atoms with Crippen LogP contribution in [-0.2, 0) is 23.7 Å². The molecule has 0 spiro atoms. The number of aryl methyl sites for hydroxylation is 2. The van der Waals surface area contributed by atoms with E-state index in [9.17, 15) is 0 Å². The van der Waals surface area contributed by atoms with Gasteiger partial charge < -0.3 is 0 Å². The van der Waals surface area contributed by atoms with Crippen LogP contribution >= 0.6 is 0 Å². The van der Waals surface area contributed by atoms with Crippen LogP contribution in [0.4, 0.5) is 0 Å². The van der Waals surface area contributed by atoms with Crippen LogP contribution in [0.1, 0.15) is 63.8 Å². The molecule has 0 unspecified atom stereocenters. The summed E-state index contributed by atoms with van der Waals surface area (Å²) in [6.45, 7) is 13.7. The molecule has 0 bridgehead atoms. The molecule has 0 N–H and O–H groups in total. The largest absolute Gasteiger partial charge is 0.0617 e. The molecule has 0 heterocycles. The smallest absolute Gasteiger partial charge is 0.0132 e. The van der Waals surface area contributed by atoms with Crippen LogP contribution in [0.25, 0.3) is 0 Å². The first-order chi connectivity index (χ1) is 10.2. The van der Waals surface area contributed by atoms with Crippen LogP contribution in [-0.4, -0.2) is 0 Å². The lowest BCUT2D eigenvalue weighted by Crippen LogP contribution is -2.12. The zero-order valence-corrected chi connectivity index (χ0v) is 15.0. The summed E-state index contributed by atoms with van der Waals surface area (Å²) in [5, 5.41) is 0. The maximum Gasteiger partial charge on any atom is -0.0132 e. The van der Waals surface area contributed by atoms with Gasteiger partial charge in [0.05, 0.1) is 0 Å². The first-order valence-electron chi connectivity index (χ1n) is 8.35. The van der Waals surface area contributed by atoms with Crippen LogP contribution in [0.2, 0.25) is 0 Å². The van der Waals surface area contributed by atoms with Crippen molar-refractivity contribution >= 4 is 0 Å². The van der Waals surface area contributed by atoms with Crippen LogP contribution in [0.3, 0.4) is 0 Å². The quantitative estimate of drug-likeness (QED) is 0.644. The molecule has 22 heavy (non-hydrogen) atoms. The van der Waals surface area contributed by atoms with E-state index in [2.05, 4.69) is 90.1 Å².